The summed E-state index contributed by atoms with van der Waals surface area (Å²) in [5.74, 6) is 0.339. The molecule has 1 aromatic heterocycles. The Kier molecular flexibility index (Phi) is 5.23. The van der Waals surface area contributed by atoms with Gasteiger partial charge in [0.1, 0.15) is 5.82 Å². The minimum Gasteiger partial charge on any atom is -0.268 e. The molecule has 1 heterocycles. The monoisotopic (exact) mass is 420 g/mol. The van der Waals surface area contributed by atoms with Crippen LogP contribution in [0.3, 0.4) is 0 Å². The largest absolute Gasteiger partial charge is 0.416 e. The van der Waals surface area contributed by atoms with Crippen LogP contribution >= 0.6 is 0 Å². The fourth-order valence-corrected chi connectivity index (χ4v) is 3.58. The van der Waals surface area contributed by atoms with Gasteiger partial charge in [-0.2, -0.15) is 13.2 Å². The molecule has 0 atom stereocenters. The van der Waals surface area contributed by atoms with Crippen molar-refractivity contribution in [2.45, 2.75) is 20.0 Å². The normalized spacial score (nSPS) is 12.0. The third-order valence-corrected chi connectivity index (χ3v) is 4.91. The van der Waals surface area contributed by atoms with Crippen LogP contribution in [0.4, 0.5) is 13.2 Å². The van der Waals surface area contributed by atoms with E-state index < -0.39 is 11.7 Å². The zero-order valence-electron chi connectivity index (χ0n) is 16.9. The lowest BCUT2D eigenvalue weighted by molar-refractivity contribution is -0.137. The Balaban J connectivity index is 1.91. The summed E-state index contributed by atoms with van der Waals surface area (Å²) in [5, 5.41) is 0.470. The highest BCUT2D eigenvalue weighted by Crippen LogP contribution is 2.30. The molecule has 0 unspecified atom stereocenters. The SMILES string of the molecule is Cc1cc(C)cc(-n2c(/C=C\c3cccc(C(F)(F)F)c3)nc3ccccc3c2=O)c1. The Bertz CT molecular complexity index is 1350. The lowest BCUT2D eigenvalue weighted by atomic mass is 10.1. The van der Waals surface area contributed by atoms with E-state index in [1.54, 1.807) is 36.4 Å². The van der Waals surface area contributed by atoms with Crippen molar-refractivity contribution in [2.24, 2.45) is 0 Å². The highest BCUT2D eigenvalue weighted by molar-refractivity contribution is 5.80. The Hall–Kier alpha value is -3.67. The first kappa shape index (κ1) is 20.6. The average molecular weight is 420 g/mol. The van der Waals surface area contributed by atoms with Crippen molar-refractivity contribution >= 4 is 23.1 Å². The fourth-order valence-electron chi connectivity index (χ4n) is 3.58. The summed E-state index contributed by atoms with van der Waals surface area (Å²) in [4.78, 5) is 17.9. The molecule has 6 heteroatoms. The van der Waals surface area contributed by atoms with Crippen LogP contribution in [0.25, 0.3) is 28.7 Å². The minimum absolute atomic E-state index is 0.237. The lowest BCUT2D eigenvalue weighted by Crippen LogP contribution is -2.22. The predicted molar refractivity (Wildman–Crippen MR) is 117 cm³/mol. The molecule has 0 fully saturated rings. The van der Waals surface area contributed by atoms with Crippen molar-refractivity contribution < 1.29 is 13.2 Å². The lowest BCUT2D eigenvalue weighted by Gasteiger charge is -2.13. The second-order valence-electron chi connectivity index (χ2n) is 7.43. The van der Waals surface area contributed by atoms with E-state index >= 15 is 0 Å². The van der Waals surface area contributed by atoms with Gasteiger partial charge in [-0.3, -0.25) is 9.36 Å². The van der Waals surface area contributed by atoms with Gasteiger partial charge in [0.15, 0.2) is 0 Å². The molecule has 3 nitrogen and oxygen atoms in total. The Morgan fingerprint density at radius 1 is 0.871 bits per heavy atom. The van der Waals surface area contributed by atoms with Gasteiger partial charge in [-0.15, -0.1) is 0 Å². The van der Waals surface area contributed by atoms with Crippen LogP contribution in [0, 0.1) is 13.8 Å². The van der Waals surface area contributed by atoms with E-state index in [2.05, 4.69) is 4.98 Å². The highest BCUT2D eigenvalue weighted by Gasteiger charge is 2.30. The van der Waals surface area contributed by atoms with E-state index in [1.165, 1.54) is 16.7 Å². The first-order valence-electron chi connectivity index (χ1n) is 9.68. The molecule has 4 rings (SSSR count). The standard InChI is InChI=1S/C25H19F3N2O/c1-16-12-17(2)14-20(13-16)30-23(29-22-9-4-3-8-21(22)24(30)31)11-10-18-6-5-7-19(15-18)25(26,27)28/h3-15H,1-2H3/b11-10-. The van der Waals surface area contributed by atoms with Gasteiger partial charge >= 0.3 is 6.18 Å². The molecular formula is C25H19F3N2O. The van der Waals surface area contributed by atoms with Gasteiger partial charge < -0.3 is 0 Å². The van der Waals surface area contributed by atoms with Gasteiger partial charge in [-0.1, -0.05) is 36.4 Å². The van der Waals surface area contributed by atoms with Gasteiger partial charge in [0.25, 0.3) is 5.56 Å². The summed E-state index contributed by atoms with van der Waals surface area (Å²) in [6.07, 6.45) is -1.32. The number of aryl methyl sites for hydroxylation is 2. The van der Waals surface area contributed by atoms with Crippen molar-refractivity contribution in [1.82, 2.24) is 9.55 Å². The zero-order valence-corrected chi connectivity index (χ0v) is 16.9. The van der Waals surface area contributed by atoms with E-state index in [0.29, 0.717) is 28.0 Å². The van der Waals surface area contributed by atoms with Crippen LogP contribution in [0.15, 0.2) is 71.5 Å². The van der Waals surface area contributed by atoms with Gasteiger partial charge in [0, 0.05) is 0 Å². The number of alkyl halides is 3. The van der Waals surface area contributed by atoms with Crippen molar-refractivity contribution in [3.63, 3.8) is 0 Å². The second kappa shape index (κ2) is 7.87. The number of halogens is 3. The number of rotatable bonds is 3. The first-order valence-corrected chi connectivity index (χ1v) is 9.68. The molecule has 31 heavy (non-hydrogen) atoms. The summed E-state index contributed by atoms with van der Waals surface area (Å²) < 4.78 is 40.6. The maximum absolute atomic E-state index is 13.3. The molecule has 0 radical (unpaired) electrons. The van der Waals surface area contributed by atoms with Crippen LogP contribution in [-0.2, 0) is 6.18 Å². The Labute approximate surface area is 177 Å². The minimum atomic E-state index is -4.42. The van der Waals surface area contributed by atoms with E-state index in [0.717, 1.165) is 23.3 Å². The molecule has 0 aliphatic carbocycles. The Morgan fingerprint density at radius 3 is 2.29 bits per heavy atom. The predicted octanol–water partition coefficient (Wildman–Crippen LogP) is 6.19. The maximum Gasteiger partial charge on any atom is 0.416 e. The number of hydrogen-bond donors (Lipinski definition) is 0. The third kappa shape index (κ3) is 4.28. The summed E-state index contributed by atoms with van der Waals surface area (Å²) >= 11 is 0. The van der Waals surface area contributed by atoms with E-state index in [-0.39, 0.29) is 5.56 Å². The third-order valence-electron chi connectivity index (χ3n) is 4.91. The quantitative estimate of drug-likeness (QED) is 0.396. The topological polar surface area (TPSA) is 34.9 Å². The first-order chi connectivity index (χ1) is 14.7. The molecule has 0 aliphatic heterocycles. The van der Waals surface area contributed by atoms with Crippen LogP contribution in [-0.4, -0.2) is 9.55 Å². The number of para-hydroxylation sites is 1. The summed E-state index contributed by atoms with van der Waals surface area (Å²) in [5.41, 5.74) is 2.56. The van der Waals surface area contributed by atoms with Crippen LogP contribution in [0.1, 0.15) is 28.1 Å². The zero-order chi connectivity index (χ0) is 22.2. The smallest absolute Gasteiger partial charge is 0.268 e. The van der Waals surface area contributed by atoms with Crippen LogP contribution in [0.5, 0.6) is 0 Å². The Morgan fingerprint density at radius 2 is 1.58 bits per heavy atom. The molecule has 4 aromatic rings. The molecule has 0 bridgehead atoms. The van der Waals surface area contributed by atoms with Gasteiger partial charge in [-0.25, -0.2) is 4.98 Å². The maximum atomic E-state index is 13.3. The molecule has 3 aromatic carbocycles. The van der Waals surface area contributed by atoms with Crippen LogP contribution in [0.2, 0.25) is 0 Å². The van der Waals surface area contributed by atoms with Crippen molar-refractivity contribution in [3.05, 3.63) is 105 Å². The molecule has 0 amide bonds. The number of fused-ring (bicyclic) bond motifs is 1. The van der Waals surface area contributed by atoms with Gasteiger partial charge in [0.2, 0.25) is 0 Å². The second-order valence-corrected chi connectivity index (χ2v) is 7.43. The van der Waals surface area contributed by atoms with Gasteiger partial charge in [0.05, 0.1) is 22.2 Å². The summed E-state index contributed by atoms with van der Waals surface area (Å²) in [7, 11) is 0. The molecular weight excluding hydrogens is 401 g/mol. The summed E-state index contributed by atoms with van der Waals surface area (Å²) in [6, 6.07) is 17.8. The molecule has 0 N–H and O–H groups in total. The highest BCUT2D eigenvalue weighted by atomic mass is 19.4. The number of benzene rings is 3. The fraction of sp³-hybridized carbons (Fsp3) is 0.120. The van der Waals surface area contributed by atoms with E-state index in [1.807, 2.05) is 32.0 Å². The molecule has 0 saturated heterocycles. The molecule has 0 saturated carbocycles. The average Bonchev–Trinajstić information content (AvgIpc) is 2.71. The number of nitrogens with zero attached hydrogens (tertiary/aromatic N) is 2. The van der Waals surface area contributed by atoms with Crippen molar-refractivity contribution in [1.29, 1.82) is 0 Å². The molecule has 156 valence electrons. The summed E-state index contributed by atoms with van der Waals surface area (Å²) in [6.45, 7) is 3.88. The van der Waals surface area contributed by atoms with E-state index in [4.69, 9.17) is 0 Å². The molecule has 0 aliphatic rings. The van der Waals surface area contributed by atoms with E-state index in [9.17, 15) is 18.0 Å². The van der Waals surface area contributed by atoms with Gasteiger partial charge in [-0.05, 0) is 73.0 Å². The van der Waals surface area contributed by atoms with Crippen LogP contribution < -0.4 is 5.56 Å². The number of aromatic nitrogens is 2. The molecule has 0 spiro atoms. The number of hydrogen-bond acceptors (Lipinski definition) is 2. The van der Waals surface area contributed by atoms with Crippen molar-refractivity contribution in [3.8, 4) is 5.69 Å². The van der Waals surface area contributed by atoms with Crippen molar-refractivity contribution in [2.75, 3.05) is 0 Å².